The number of carboxylic acid groups (broad SMARTS) is 1. The summed E-state index contributed by atoms with van der Waals surface area (Å²) in [4.78, 5) is 38.7. The standard InChI is InChI=1S/C78H148N2O21/c1-4-6-8-10-12-14-16-18-20-22-23-24-25-26-27-28-29-30-31-32-33-34-36-38-40-42-44-46-48-50-52-65(88)80-59(60(85)51-49-47-45-43-41-39-37-35-21-19-17-15-13-11-9-7-5-2)57-96-75-70(92)69(91)72(64(56-83)98-75)99-76-71(93)74(68(90)63(55-82)97-76)101-78(77(94)95)53-61(86)66(79-58(3)84)73(100-78)67(89)62(87)54-81/h59-64,66-76,81-83,85-87,89-93H,4-57H2,1-3H3,(H,79,84)(H,80,88)(H,94,95). The fraction of sp³-hybridized carbons (Fsp3) is 0.962. The molecule has 3 rings (SSSR count). The number of rotatable bonds is 65. The molecule has 0 aromatic rings. The second-order valence-corrected chi connectivity index (χ2v) is 30.0. The van der Waals surface area contributed by atoms with Gasteiger partial charge in [-0.25, -0.2) is 4.79 Å². The molecule has 0 spiro atoms. The molecule has 3 aliphatic rings. The van der Waals surface area contributed by atoms with Crippen molar-refractivity contribution >= 4 is 17.8 Å². The van der Waals surface area contributed by atoms with Crippen LogP contribution in [0.4, 0.5) is 0 Å². The van der Waals surface area contributed by atoms with Gasteiger partial charge >= 0.3 is 5.97 Å². The van der Waals surface area contributed by atoms with Gasteiger partial charge in [0.05, 0.1) is 50.7 Å². The Kier molecular flexibility index (Phi) is 53.2. The summed E-state index contributed by atoms with van der Waals surface area (Å²) in [6, 6.07) is -2.53. The minimum atomic E-state index is -3.08. The number of unbranched alkanes of at least 4 members (excludes halogenated alkanes) is 45. The van der Waals surface area contributed by atoms with Gasteiger partial charge in [0.2, 0.25) is 11.8 Å². The van der Waals surface area contributed by atoms with Gasteiger partial charge in [-0.2, -0.15) is 0 Å². The van der Waals surface area contributed by atoms with Gasteiger partial charge in [-0.3, -0.25) is 9.59 Å². The molecule has 23 heteroatoms. The highest BCUT2D eigenvalue weighted by molar-refractivity contribution is 5.77. The van der Waals surface area contributed by atoms with Crippen LogP contribution in [0.5, 0.6) is 0 Å². The van der Waals surface area contributed by atoms with Crippen LogP contribution in [0.3, 0.4) is 0 Å². The number of carbonyl (C=O) groups excluding carboxylic acids is 2. The number of amides is 2. The Labute approximate surface area is 608 Å². The van der Waals surface area contributed by atoms with Crippen molar-refractivity contribution in [3.05, 3.63) is 0 Å². The molecule has 2 amide bonds. The van der Waals surface area contributed by atoms with Crippen LogP contribution < -0.4 is 10.6 Å². The second kappa shape index (κ2) is 57.8. The van der Waals surface area contributed by atoms with Crippen LogP contribution in [0.25, 0.3) is 0 Å². The molecule has 0 radical (unpaired) electrons. The molecule has 3 aliphatic heterocycles. The molecule has 18 atom stereocenters. The van der Waals surface area contributed by atoms with Gasteiger partial charge < -0.3 is 100 Å². The highest BCUT2D eigenvalue weighted by Crippen LogP contribution is 2.39. The lowest BCUT2D eigenvalue weighted by molar-refractivity contribution is -0.386. The molecular weight excluding hydrogens is 1300 g/mol. The van der Waals surface area contributed by atoms with Crippen LogP contribution in [0.15, 0.2) is 0 Å². The molecule has 3 saturated heterocycles. The summed E-state index contributed by atoms with van der Waals surface area (Å²) in [7, 11) is 0. The van der Waals surface area contributed by atoms with Crippen molar-refractivity contribution in [2.45, 2.75) is 452 Å². The fourth-order valence-corrected chi connectivity index (χ4v) is 14.6. The van der Waals surface area contributed by atoms with Crippen LogP contribution >= 0.6 is 0 Å². The maximum Gasteiger partial charge on any atom is 0.364 e. The summed E-state index contributed by atoms with van der Waals surface area (Å²) < 4.78 is 35.0. The van der Waals surface area contributed by atoms with E-state index in [-0.39, 0.29) is 18.9 Å². The maximum atomic E-state index is 13.6. The van der Waals surface area contributed by atoms with Gasteiger partial charge in [0.1, 0.15) is 67.1 Å². The predicted molar refractivity (Wildman–Crippen MR) is 389 cm³/mol. The smallest absolute Gasteiger partial charge is 0.364 e. The summed E-state index contributed by atoms with van der Waals surface area (Å²) in [5, 5.41) is 137. The molecule has 0 aliphatic carbocycles. The van der Waals surface area contributed by atoms with Gasteiger partial charge in [0.25, 0.3) is 5.79 Å². The number of carbonyl (C=O) groups is 3. The third-order valence-corrected chi connectivity index (χ3v) is 21.1. The number of aliphatic carboxylic acids is 1. The van der Waals surface area contributed by atoms with E-state index in [4.69, 9.17) is 28.4 Å². The molecule has 0 aromatic heterocycles. The Balaban J connectivity index is 1.47. The van der Waals surface area contributed by atoms with Gasteiger partial charge in [0, 0.05) is 19.8 Å². The van der Waals surface area contributed by atoms with Crippen LogP contribution in [0, 0.1) is 0 Å². The van der Waals surface area contributed by atoms with Gasteiger partial charge in [-0.05, 0) is 12.8 Å². The van der Waals surface area contributed by atoms with E-state index in [9.17, 15) is 75.7 Å². The van der Waals surface area contributed by atoms with Crippen LogP contribution in [-0.4, -0.2) is 215 Å². The van der Waals surface area contributed by atoms with E-state index >= 15 is 0 Å². The minimum Gasteiger partial charge on any atom is -0.477 e. The van der Waals surface area contributed by atoms with E-state index in [0.717, 1.165) is 51.9 Å². The van der Waals surface area contributed by atoms with Crippen molar-refractivity contribution in [2.24, 2.45) is 0 Å². The highest BCUT2D eigenvalue weighted by atomic mass is 16.8. The first-order chi connectivity index (χ1) is 48.9. The molecule has 3 heterocycles. The quantitative estimate of drug-likeness (QED) is 0.0252. The zero-order chi connectivity index (χ0) is 73.9. The zero-order valence-electron chi connectivity index (χ0n) is 63.0. The molecule has 596 valence electrons. The molecule has 23 nitrogen and oxygen atoms in total. The van der Waals surface area contributed by atoms with Gasteiger partial charge in [-0.1, -0.05) is 309 Å². The van der Waals surface area contributed by atoms with Crippen LogP contribution in [-0.2, 0) is 42.8 Å². The number of aliphatic hydroxyl groups excluding tert-OH is 11. The van der Waals surface area contributed by atoms with E-state index in [1.54, 1.807) is 0 Å². The molecule has 0 aromatic carbocycles. The number of hydrogen-bond donors (Lipinski definition) is 14. The van der Waals surface area contributed by atoms with E-state index < -0.39 is 148 Å². The molecule has 18 unspecified atom stereocenters. The first-order valence-corrected chi connectivity index (χ1v) is 40.9. The number of carboxylic acids is 1. The third kappa shape index (κ3) is 38.4. The van der Waals surface area contributed by atoms with Crippen LogP contribution in [0.1, 0.15) is 342 Å². The second-order valence-electron chi connectivity index (χ2n) is 30.0. The summed E-state index contributed by atoms with van der Waals surface area (Å²) in [6.07, 6.45) is 31.1. The van der Waals surface area contributed by atoms with E-state index in [1.165, 1.54) is 244 Å². The average molecular weight is 1450 g/mol. The van der Waals surface area contributed by atoms with Crippen molar-refractivity contribution in [3.8, 4) is 0 Å². The minimum absolute atomic E-state index is 0.230. The lowest BCUT2D eigenvalue weighted by Crippen LogP contribution is -2.70. The molecule has 14 N–H and O–H groups in total. The van der Waals surface area contributed by atoms with Gasteiger partial charge in [-0.15, -0.1) is 0 Å². The Morgan fingerprint density at radius 1 is 0.475 bits per heavy atom. The number of ether oxygens (including phenoxy) is 6. The lowest BCUT2D eigenvalue weighted by Gasteiger charge is -2.50. The molecule has 101 heavy (non-hydrogen) atoms. The molecular formula is C78H148N2O21. The zero-order valence-corrected chi connectivity index (χ0v) is 63.0. The number of nitrogens with one attached hydrogen (secondary N) is 2. The Hall–Kier alpha value is -2.27. The summed E-state index contributed by atoms with van der Waals surface area (Å²) in [5.74, 6) is -6.09. The topological polar surface area (TPSA) is 373 Å². The summed E-state index contributed by atoms with van der Waals surface area (Å²) in [6.45, 7) is 2.26. The van der Waals surface area contributed by atoms with Crippen molar-refractivity contribution in [3.63, 3.8) is 0 Å². The molecule has 3 fully saturated rings. The lowest BCUT2D eigenvalue weighted by atomic mass is 9.88. The van der Waals surface area contributed by atoms with Crippen molar-refractivity contribution in [2.75, 3.05) is 26.4 Å². The Bertz CT molecular complexity index is 2020. The molecule has 0 bridgehead atoms. The van der Waals surface area contributed by atoms with Crippen molar-refractivity contribution in [1.82, 2.24) is 10.6 Å². The predicted octanol–water partition coefficient (Wildman–Crippen LogP) is 10.8. The largest absolute Gasteiger partial charge is 0.477 e. The fourth-order valence-electron chi connectivity index (χ4n) is 14.6. The number of aliphatic hydroxyl groups is 11. The molecule has 0 saturated carbocycles. The maximum absolute atomic E-state index is 13.6. The summed E-state index contributed by atoms with van der Waals surface area (Å²) >= 11 is 0. The highest BCUT2D eigenvalue weighted by Gasteiger charge is 2.60. The van der Waals surface area contributed by atoms with E-state index in [1.807, 2.05) is 0 Å². The number of hydrogen-bond acceptors (Lipinski definition) is 20. The van der Waals surface area contributed by atoms with E-state index in [0.29, 0.717) is 19.3 Å². The normalized spacial score (nSPS) is 26.7. The SMILES string of the molecule is CCCCCCCCCCCCCCCCCCCCCCCCCCCCCCCCC(=O)NC(COC1OC(CO)C(OC2OC(CO)C(O)C(OC3(C(=O)O)CC(O)C(NC(C)=O)C(C(O)C(O)CO)O3)C2O)C(O)C1O)C(O)CCCCCCCCCCCCCCCCCCC. The third-order valence-electron chi connectivity index (χ3n) is 21.1. The van der Waals surface area contributed by atoms with E-state index in [2.05, 4.69) is 24.5 Å². The van der Waals surface area contributed by atoms with Crippen molar-refractivity contribution < 1.29 is 104 Å². The van der Waals surface area contributed by atoms with Crippen LogP contribution in [0.2, 0.25) is 0 Å². The van der Waals surface area contributed by atoms with Crippen molar-refractivity contribution in [1.29, 1.82) is 0 Å². The Morgan fingerprint density at radius 2 is 0.861 bits per heavy atom. The summed E-state index contributed by atoms with van der Waals surface area (Å²) in [5.41, 5.74) is 0. The first kappa shape index (κ1) is 92.9. The van der Waals surface area contributed by atoms with Gasteiger partial charge in [0.15, 0.2) is 12.6 Å². The Morgan fingerprint density at radius 3 is 1.24 bits per heavy atom. The monoisotopic (exact) mass is 1450 g/mol. The average Bonchev–Trinajstić information content (AvgIpc) is 0.756. The first-order valence-electron chi connectivity index (χ1n) is 40.9.